The minimum atomic E-state index is -1.01. The molecule has 0 unspecified atom stereocenters. The van der Waals surface area contributed by atoms with Gasteiger partial charge in [-0.1, -0.05) is 37.8 Å². The number of aryl methyl sites for hydroxylation is 1. The molecule has 0 amide bonds. The van der Waals surface area contributed by atoms with Crippen LogP contribution in [0.15, 0.2) is 12.3 Å². The Hall–Kier alpha value is -1.62. The molecule has 6 heteroatoms. The van der Waals surface area contributed by atoms with Crippen LogP contribution in [0.2, 0.25) is 5.02 Å². The van der Waals surface area contributed by atoms with Crippen molar-refractivity contribution in [1.82, 2.24) is 14.6 Å². The number of unbranched alkanes of at least 4 members (excludes halogenated alkanes) is 3. The predicted molar refractivity (Wildman–Crippen MR) is 72.8 cm³/mol. The van der Waals surface area contributed by atoms with Crippen LogP contribution >= 0.6 is 11.6 Å². The molecule has 2 rings (SSSR count). The Kier molecular flexibility index (Phi) is 4.37. The first-order valence-electron chi connectivity index (χ1n) is 6.40. The third kappa shape index (κ3) is 3.04. The van der Waals surface area contributed by atoms with Crippen LogP contribution in [0.1, 0.15) is 48.8 Å². The molecule has 0 radical (unpaired) electrons. The summed E-state index contributed by atoms with van der Waals surface area (Å²) in [4.78, 5) is 11.0. The number of halogens is 1. The Balaban J connectivity index is 2.27. The minimum Gasteiger partial charge on any atom is -0.478 e. The van der Waals surface area contributed by atoms with Gasteiger partial charge in [0.15, 0.2) is 5.65 Å². The van der Waals surface area contributed by atoms with Gasteiger partial charge in [0.1, 0.15) is 5.82 Å². The maximum absolute atomic E-state index is 11.0. The molecule has 5 nitrogen and oxygen atoms in total. The number of aromatic nitrogens is 3. The summed E-state index contributed by atoms with van der Waals surface area (Å²) in [5.74, 6) is -0.245. The van der Waals surface area contributed by atoms with Crippen molar-refractivity contribution in [3.8, 4) is 0 Å². The largest absolute Gasteiger partial charge is 0.478 e. The van der Waals surface area contributed by atoms with Crippen LogP contribution in [0.3, 0.4) is 0 Å². The molecular weight excluding hydrogens is 266 g/mol. The molecule has 0 atom stereocenters. The monoisotopic (exact) mass is 281 g/mol. The van der Waals surface area contributed by atoms with Crippen molar-refractivity contribution in [3.63, 3.8) is 0 Å². The van der Waals surface area contributed by atoms with E-state index < -0.39 is 5.97 Å². The summed E-state index contributed by atoms with van der Waals surface area (Å²) in [6.45, 7) is 2.16. The van der Waals surface area contributed by atoms with E-state index in [2.05, 4.69) is 17.1 Å². The topological polar surface area (TPSA) is 67.5 Å². The standard InChI is InChI=1S/C13H16ClN3O2/c1-2-3-4-5-6-11-15-16-12-10(14)7-9(13(18)19)8-17(11)12/h7-8H,2-6H2,1H3,(H,18,19). The summed E-state index contributed by atoms with van der Waals surface area (Å²) < 4.78 is 1.68. The van der Waals surface area contributed by atoms with Gasteiger partial charge in [0.2, 0.25) is 0 Å². The average Bonchev–Trinajstić information content (AvgIpc) is 2.78. The average molecular weight is 282 g/mol. The van der Waals surface area contributed by atoms with E-state index in [1.54, 1.807) is 4.40 Å². The van der Waals surface area contributed by atoms with Gasteiger partial charge in [-0.3, -0.25) is 4.40 Å². The molecule has 0 saturated carbocycles. The summed E-state index contributed by atoms with van der Waals surface area (Å²) >= 11 is 6.02. The molecule has 0 spiro atoms. The van der Waals surface area contributed by atoms with E-state index >= 15 is 0 Å². The van der Waals surface area contributed by atoms with Crippen LogP contribution in [0.25, 0.3) is 5.65 Å². The number of hydrogen-bond donors (Lipinski definition) is 1. The molecule has 0 aliphatic carbocycles. The number of nitrogens with zero attached hydrogens (tertiary/aromatic N) is 3. The van der Waals surface area contributed by atoms with Gasteiger partial charge in [0, 0.05) is 12.6 Å². The van der Waals surface area contributed by atoms with Gasteiger partial charge in [0.25, 0.3) is 0 Å². The zero-order chi connectivity index (χ0) is 13.8. The number of carboxylic acid groups (broad SMARTS) is 1. The lowest BCUT2D eigenvalue weighted by Gasteiger charge is -2.02. The number of hydrogen-bond acceptors (Lipinski definition) is 3. The van der Waals surface area contributed by atoms with Crippen LogP contribution in [-0.4, -0.2) is 25.7 Å². The summed E-state index contributed by atoms with van der Waals surface area (Å²) in [6, 6.07) is 1.40. The second kappa shape index (κ2) is 6.02. The number of fused-ring (bicyclic) bond motifs is 1. The number of pyridine rings is 1. The molecule has 2 aromatic rings. The van der Waals surface area contributed by atoms with Crippen LogP contribution in [0, 0.1) is 0 Å². The molecule has 0 saturated heterocycles. The lowest BCUT2D eigenvalue weighted by molar-refractivity contribution is 0.0696. The maximum atomic E-state index is 11.0. The van der Waals surface area contributed by atoms with E-state index in [-0.39, 0.29) is 5.56 Å². The second-order valence-corrected chi connectivity index (χ2v) is 4.91. The quantitative estimate of drug-likeness (QED) is 0.826. The Morgan fingerprint density at radius 2 is 2.16 bits per heavy atom. The van der Waals surface area contributed by atoms with Gasteiger partial charge >= 0.3 is 5.97 Å². The highest BCUT2D eigenvalue weighted by atomic mass is 35.5. The van der Waals surface area contributed by atoms with Crippen LogP contribution in [0.5, 0.6) is 0 Å². The molecule has 0 aliphatic heterocycles. The second-order valence-electron chi connectivity index (χ2n) is 4.50. The molecule has 0 fully saturated rings. The van der Waals surface area contributed by atoms with E-state index in [0.717, 1.165) is 25.1 Å². The van der Waals surface area contributed by atoms with Crippen LogP contribution < -0.4 is 0 Å². The fraction of sp³-hybridized carbons (Fsp3) is 0.462. The van der Waals surface area contributed by atoms with Crippen molar-refractivity contribution in [1.29, 1.82) is 0 Å². The molecule has 0 aliphatic rings. The van der Waals surface area contributed by atoms with Crippen molar-refractivity contribution < 1.29 is 9.90 Å². The summed E-state index contributed by atoms with van der Waals surface area (Å²) in [6.07, 6.45) is 6.83. The summed E-state index contributed by atoms with van der Waals surface area (Å²) in [5, 5.41) is 17.4. The highest BCUT2D eigenvalue weighted by Gasteiger charge is 2.13. The van der Waals surface area contributed by atoms with E-state index in [1.165, 1.54) is 25.1 Å². The van der Waals surface area contributed by atoms with Crippen molar-refractivity contribution in [2.24, 2.45) is 0 Å². The third-order valence-corrected chi connectivity index (χ3v) is 3.31. The first-order chi connectivity index (χ1) is 9.13. The zero-order valence-corrected chi connectivity index (χ0v) is 11.5. The summed E-state index contributed by atoms with van der Waals surface area (Å²) in [7, 11) is 0. The molecule has 0 bridgehead atoms. The molecule has 102 valence electrons. The zero-order valence-electron chi connectivity index (χ0n) is 10.8. The van der Waals surface area contributed by atoms with Gasteiger partial charge in [-0.2, -0.15) is 0 Å². The van der Waals surface area contributed by atoms with Gasteiger partial charge < -0.3 is 5.11 Å². The lowest BCUT2D eigenvalue weighted by Crippen LogP contribution is -2.02. The Morgan fingerprint density at radius 3 is 2.84 bits per heavy atom. The van der Waals surface area contributed by atoms with E-state index in [9.17, 15) is 4.79 Å². The fourth-order valence-corrected chi connectivity index (χ4v) is 2.24. The number of carboxylic acids is 1. The van der Waals surface area contributed by atoms with Gasteiger partial charge in [-0.05, 0) is 12.5 Å². The lowest BCUT2D eigenvalue weighted by atomic mass is 10.1. The molecule has 1 N–H and O–H groups in total. The smallest absolute Gasteiger partial charge is 0.337 e. The molecule has 2 aromatic heterocycles. The molecule has 2 heterocycles. The summed E-state index contributed by atoms with van der Waals surface area (Å²) in [5.41, 5.74) is 0.657. The predicted octanol–water partition coefficient (Wildman–Crippen LogP) is 3.20. The van der Waals surface area contributed by atoms with E-state index in [0.29, 0.717) is 10.7 Å². The SMILES string of the molecule is CCCCCCc1nnc2c(Cl)cc(C(=O)O)cn12. The Bertz CT molecular complexity index is 595. The molecule has 0 aromatic carbocycles. The minimum absolute atomic E-state index is 0.145. The number of rotatable bonds is 6. The van der Waals surface area contributed by atoms with Crippen molar-refractivity contribution in [2.75, 3.05) is 0 Å². The van der Waals surface area contributed by atoms with E-state index in [4.69, 9.17) is 16.7 Å². The Labute approximate surface area is 116 Å². The van der Waals surface area contributed by atoms with Gasteiger partial charge in [0.05, 0.1) is 10.6 Å². The van der Waals surface area contributed by atoms with Crippen LogP contribution in [-0.2, 0) is 6.42 Å². The van der Waals surface area contributed by atoms with Gasteiger partial charge in [-0.25, -0.2) is 4.79 Å². The highest BCUT2D eigenvalue weighted by Crippen LogP contribution is 2.19. The Morgan fingerprint density at radius 1 is 1.37 bits per heavy atom. The fourth-order valence-electron chi connectivity index (χ4n) is 2.00. The maximum Gasteiger partial charge on any atom is 0.337 e. The normalized spacial score (nSPS) is 11.1. The van der Waals surface area contributed by atoms with Crippen molar-refractivity contribution in [3.05, 3.63) is 28.7 Å². The highest BCUT2D eigenvalue weighted by molar-refractivity contribution is 6.33. The molecule has 19 heavy (non-hydrogen) atoms. The van der Waals surface area contributed by atoms with Crippen LogP contribution in [0.4, 0.5) is 0 Å². The van der Waals surface area contributed by atoms with Crippen molar-refractivity contribution >= 4 is 23.2 Å². The first-order valence-corrected chi connectivity index (χ1v) is 6.77. The molecular formula is C13H16ClN3O2. The van der Waals surface area contributed by atoms with Crippen molar-refractivity contribution in [2.45, 2.75) is 39.0 Å². The number of carbonyl (C=O) groups is 1. The van der Waals surface area contributed by atoms with E-state index in [1.807, 2.05) is 0 Å². The third-order valence-electron chi connectivity index (χ3n) is 3.03. The number of aromatic carboxylic acids is 1. The first kappa shape index (κ1) is 13.8. The van der Waals surface area contributed by atoms with Gasteiger partial charge in [-0.15, -0.1) is 10.2 Å².